The molecule has 0 saturated carbocycles. The summed E-state index contributed by atoms with van der Waals surface area (Å²) in [7, 11) is 1.98. The molecule has 1 aromatic carbocycles. The molecule has 0 aliphatic carbocycles. The molecule has 1 heterocycles. The maximum absolute atomic E-state index is 11.7. The van der Waals surface area contributed by atoms with E-state index in [2.05, 4.69) is 4.90 Å². The minimum Gasteiger partial charge on any atom is -0.431 e. The van der Waals surface area contributed by atoms with E-state index in [0.717, 1.165) is 6.54 Å². The SMILES string of the molecule is CN1CCO[C@@H](OC(=O)c2ccccc2)C1. The van der Waals surface area contributed by atoms with Crippen molar-refractivity contribution in [3.8, 4) is 0 Å². The number of likely N-dealkylation sites (N-methyl/N-ethyl adjacent to an activating group) is 1. The third-order valence-corrected chi connectivity index (χ3v) is 2.49. The van der Waals surface area contributed by atoms with Gasteiger partial charge in [-0.1, -0.05) is 18.2 Å². The fourth-order valence-corrected chi connectivity index (χ4v) is 1.57. The summed E-state index contributed by atoms with van der Waals surface area (Å²) in [5.74, 6) is -0.332. The van der Waals surface area contributed by atoms with E-state index in [1.165, 1.54) is 0 Å². The summed E-state index contributed by atoms with van der Waals surface area (Å²) in [6.07, 6.45) is -0.452. The van der Waals surface area contributed by atoms with Gasteiger partial charge < -0.3 is 9.47 Å². The van der Waals surface area contributed by atoms with Crippen LogP contribution in [-0.4, -0.2) is 43.9 Å². The highest BCUT2D eigenvalue weighted by atomic mass is 16.7. The summed E-state index contributed by atoms with van der Waals surface area (Å²) in [5, 5.41) is 0. The molecule has 0 unspecified atom stereocenters. The van der Waals surface area contributed by atoms with Crippen LogP contribution in [0.25, 0.3) is 0 Å². The molecule has 0 amide bonds. The Balaban J connectivity index is 1.92. The lowest BCUT2D eigenvalue weighted by molar-refractivity contribution is -0.146. The largest absolute Gasteiger partial charge is 0.431 e. The van der Waals surface area contributed by atoms with E-state index in [1.54, 1.807) is 12.1 Å². The first-order valence-corrected chi connectivity index (χ1v) is 5.32. The lowest BCUT2D eigenvalue weighted by atomic mass is 10.2. The predicted octanol–water partition coefficient (Wildman–Crippen LogP) is 1.13. The minimum atomic E-state index is -0.452. The van der Waals surface area contributed by atoms with Crippen LogP contribution in [0.4, 0.5) is 0 Å². The Morgan fingerprint density at radius 2 is 2.19 bits per heavy atom. The molecule has 4 heteroatoms. The van der Waals surface area contributed by atoms with Crippen LogP contribution < -0.4 is 0 Å². The lowest BCUT2D eigenvalue weighted by Gasteiger charge is -2.29. The molecule has 1 saturated heterocycles. The zero-order valence-electron chi connectivity index (χ0n) is 9.26. The van der Waals surface area contributed by atoms with E-state index in [9.17, 15) is 4.79 Å². The number of ether oxygens (including phenoxy) is 2. The van der Waals surface area contributed by atoms with Crippen molar-refractivity contribution in [3.05, 3.63) is 35.9 Å². The van der Waals surface area contributed by atoms with Crippen molar-refractivity contribution < 1.29 is 14.3 Å². The van der Waals surface area contributed by atoms with Gasteiger partial charge in [-0.15, -0.1) is 0 Å². The Bertz CT molecular complexity index is 353. The second kappa shape index (κ2) is 5.09. The summed E-state index contributed by atoms with van der Waals surface area (Å²) in [4.78, 5) is 13.8. The monoisotopic (exact) mass is 221 g/mol. The summed E-state index contributed by atoms with van der Waals surface area (Å²) < 4.78 is 10.6. The van der Waals surface area contributed by atoms with Crippen molar-refractivity contribution in [2.24, 2.45) is 0 Å². The van der Waals surface area contributed by atoms with E-state index >= 15 is 0 Å². The van der Waals surface area contributed by atoms with Crippen LogP contribution in [-0.2, 0) is 9.47 Å². The molecule has 1 fully saturated rings. The second-order valence-corrected chi connectivity index (χ2v) is 3.83. The first-order valence-electron chi connectivity index (χ1n) is 5.32. The average Bonchev–Trinajstić information content (AvgIpc) is 2.30. The van der Waals surface area contributed by atoms with E-state index in [4.69, 9.17) is 9.47 Å². The Morgan fingerprint density at radius 3 is 2.88 bits per heavy atom. The van der Waals surface area contributed by atoms with Crippen molar-refractivity contribution in [3.63, 3.8) is 0 Å². The Labute approximate surface area is 94.8 Å². The average molecular weight is 221 g/mol. The van der Waals surface area contributed by atoms with Crippen LogP contribution >= 0.6 is 0 Å². The number of carbonyl (C=O) groups excluding carboxylic acids is 1. The molecule has 0 N–H and O–H groups in total. The zero-order valence-corrected chi connectivity index (χ0v) is 9.26. The van der Waals surface area contributed by atoms with Gasteiger partial charge in [0.25, 0.3) is 0 Å². The number of nitrogens with zero attached hydrogens (tertiary/aromatic N) is 1. The van der Waals surface area contributed by atoms with Gasteiger partial charge in [-0.2, -0.15) is 0 Å². The standard InChI is InChI=1S/C12H15NO3/c1-13-7-8-15-11(9-13)16-12(14)10-5-3-2-4-6-10/h2-6,11H,7-9H2,1H3/t11-/m0/s1. The van der Waals surface area contributed by atoms with Crippen LogP contribution in [0.3, 0.4) is 0 Å². The van der Waals surface area contributed by atoms with Gasteiger partial charge in [0, 0.05) is 6.54 Å². The Kier molecular flexibility index (Phi) is 3.54. The molecule has 2 rings (SSSR count). The normalized spacial score (nSPS) is 21.7. The first-order chi connectivity index (χ1) is 7.75. The summed E-state index contributed by atoms with van der Waals surface area (Å²) >= 11 is 0. The fraction of sp³-hybridized carbons (Fsp3) is 0.417. The molecular weight excluding hydrogens is 206 g/mol. The molecule has 0 radical (unpaired) electrons. The minimum absolute atomic E-state index is 0.332. The van der Waals surface area contributed by atoms with E-state index in [-0.39, 0.29) is 5.97 Å². The fourth-order valence-electron chi connectivity index (χ4n) is 1.57. The number of rotatable bonds is 2. The van der Waals surface area contributed by atoms with Crippen molar-refractivity contribution in [2.75, 3.05) is 26.7 Å². The molecule has 86 valence electrons. The maximum Gasteiger partial charge on any atom is 0.340 e. The van der Waals surface area contributed by atoms with Crippen LogP contribution in [0.5, 0.6) is 0 Å². The highest BCUT2D eigenvalue weighted by Gasteiger charge is 2.21. The van der Waals surface area contributed by atoms with Crippen LogP contribution in [0.1, 0.15) is 10.4 Å². The van der Waals surface area contributed by atoms with Crippen molar-refractivity contribution in [2.45, 2.75) is 6.29 Å². The highest BCUT2D eigenvalue weighted by Crippen LogP contribution is 2.08. The van der Waals surface area contributed by atoms with E-state index in [0.29, 0.717) is 18.7 Å². The predicted molar refractivity (Wildman–Crippen MR) is 59.1 cm³/mol. The van der Waals surface area contributed by atoms with Gasteiger partial charge >= 0.3 is 5.97 Å². The molecule has 0 aromatic heterocycles. The van der Waals surface area contributed by atoms with Crippen LogP contribution in [0, 0.1) is 0 Å². The smallest absolute Gasteiger partial charge is 0.340 e. The topological polar surface area (TPSA) is 38.8 Å². The van der Waals surface area contributed by atoms with Crippen molar-refractivity contribution >= 4 is 5.97 Å². The molecule has 1 aliphatic rings. The summed E-state index contributed by atoms with van der Waals surface area (Å²) in [5.41, 5.74) is 0.555. The van der Waals surface area contributed by atoms with Crippen molar-refractivity contribution in [1.82, 2.24) is 4.90 Å². The molecule has 1 aromatic rings. The Hall–Kier alpha value is -1.39. The Morgan fingerprint density at radius 1 is 1.44 bits per heavy atom. The van der Waals surface area contributed by atoms with E-state index < -0.39 is 6.29 Å². The van der Waals surface area contributed by atoms with Gasteiger partial charge in [-0.05, 0) is 19.2 Å². The van der Waals surface area contributed by atoms with Gasteiger partial charge in [-0.3, -0.25) is 4.90 Å². The number of hydrogen-bond donors (Lipinski definition) is 0. The number of carbonyl (C=O) groups is 1. The first kappa shape index (κ1) is 11.1. The third kappa shape index (κ3) is 2.81. The molecule has 0 spiro atoms. The summed E-state index contributed by atoms with van der Waals surface area (Å²) in [6.45, 7) is 2.10. The quantitative estimate of drug-likeness (QED) is 0.702. The maximum atomic E-state index is 11.7. The molecule has 16 heavy (non-hydrogen) atoms. The van der Waals surface area contributed by atoms with Crippen LogP contribution in [0.2, 0.25) is 0 Å². The van der Waals surface area contributed by atoms with E-state index in [1.807, 2.05) is 25.2 Å². The highest BCUT2D eigenvalue weighted by molar-refractivity contribution is 5.89. The molecule has 1 aliphatic heterocycles. The molecule has 4 nitrogen and oxygen atoms in total. The van der Waals surface area contributed by atoms with Gasteiger partial charge in [0.05, 0.1) is 18.7 Å². The lowest BCUT2D eigenvalue weighted by Crippen LogP contribution is -2.42. The van der Waals surface area contributed by atoms with Gasteiger partial charge in [0.1, 0.15) is 0 Å². The van der Waals surface area contributed by atoms with Gasteiger partial charge in [0.15, 0.2) is 0 Å². The molecule has 0 bridgehead atoms. The second-order valence-electron chi connectivity index (χ2n) is 3.83. The summed E-state index contributed by atoms with van der Waals surface area (Å²) in [6, 6.07) is 8.94. The number of hydrogen-bond acceptors (Lipinski definition) is 4. The van der Waals surface area contributed by atoms with Gasteiger partial charge in [0.2, 0.25) is 6.29 Å². The van der Waals surface area contributed by atoms with Crippen molar-refractivity contribution in [1.29, 1.82) is 0 Å². The van der Waals surface area contributed by atoms with Gasteiger partial charge in [-0.25, -0.2) is 4.79 Å². The van der Waals surface area contributed by atoms with Crippen LogP contribution in [0.15, 0.2) is 30.3 Å². The zero-order chi connectivity index (χ0) is 11.4. The molecule has 1 atom stereocenters. The number of benzene rings is 1. The third-order valence-electron chi connectivity index (χ3n) is 2.49. The molecular formula is C12H15NO3. The number of esters is 1. The number of morpholine rings is 1.